The molecule has 0 saturated carbocycles. The Bertz CT molecular complexity index is 1270. The van der Waals surface area contributed by atoms with Crippen molar-refractivity contribution in [1.29, 1.82) is 0 Å². The Hall–Kier alpha value is -2.81. The van der Waals surface area contributed by atoms with Gasteiger partial charge in [0.05, 0.1) is 19.1 Å². The zero-order valence-corrected chi connectivity index (χ0v) is 21.1. The third-order valence-electron chi connectivity index (χ3n) is 6.37. The summed E-state index contributed by atoms with van der Waals surface area (Å²) < 4.78 is 39.9. The summed E-state index contributed by atoms with van der Waals surface area (Å²) in [6, 6.07) is 15.3. The molecule has 1 aliphatic rings. The first kappa shape index (κ1) is 24.3. The van der Waals surface area contributed by atoms with Crippen molar-refractivity contribution in [1.82, 2.24) is 9.62 Å². The molecule has 0 aromatic heterocycles. The summed E-state index contributed by atoms with van der Waals surface area (Å²) in [5.41, 5.74) is 3.51. The molecule has 0 spiro atoms. The Balaban J connectivity index is 1.39. The van der Waals surface area contributed by atoms with Crippen molar-refractivity contribution in [3.05, 3.63) is 59.7 Å². The minimum absolute atomic E-state index is 0.321. The van der Waals surface area contributed by atoms with Gasteiger partial charge in [-0.05, 0) is 54.8 Å². The van der Waals surface area contributed by atoms with Gasteiger partial charge in [-0.3, -0.25) is 4.90 Å². The summed E-state index contributed by atoms with van der Waals surface area (Å²) >= 11 is 0. The van der Waals surface area contributed by atoms with Crippen LogP contribution < -0.4 is 19.1 Å². The first-order valence-electron chi connectivity index (χ1n) is 11.5. The van der Waals surface area contributed by atoms with E-state index in [4.69, 9.17) is 9.47 Å². The third-order valence-corrected chi connectivity index (χ3v) is 7.89. The molecule has 182 valence electrons. The molecule has 1 aliphatic heterocycles. The van der Waals surface area contributed by atoms with Crippen molar-refractivity contribution in [3.8, 4) is 11.5 Å². The molecule has 34 heavy (non-hydrogen) atoms. The van der Waals surface area contributed by atoms with Crippen LogP contribution in [0.2, 0.25) is 0 Å². The smallest absolute Gasteiger partial charge is 0.241 e. The maximum Gasteiger partial charge on any atom is 0.241 e. The molecule has 8 heteroatoms. The van der Waals surface area contributed by atoms with Crippen molar-refractivity contribution < 1.29 is 17.9 Å². The molecule has 0 bridgehead atoms. The highest BCUT2D eigenvalue weighted by molar-refractivity contribution is 7.89. The van der Waals surface area contributed by atoms with Crippen molar-refractivity contribution in [3.63, 3.8) is 0 Å². The molecule has 7 nitrogen and oxygen atoms in total. The van der Waals surface area contributed by atoms with Gasteiger partial charge in [0.25, 0.3) is 0 Å². The number of nitrogens with one attached hydrogen (secondary N) is 1. The van der Waals surface area contributed by atoms with Crippen molar-refractivity contribution in [2.45, 2.75) is 24.3 Å². The Morgan fingerprint density at radius 2 is 1.65 bits per heavy atom. The predicted octanol–water partition coefficient (Wildman–Crippen LogP) is 3.65. The molecular formula is C26H33N3O4S. The van der Waals surface area contributed by atoms with Gasteiger partial charge in [0.2, 0.25) is 10.0 Å². The quantitative estimate of drug-likeness (QED) is 0.469. The van der Waals surface area contributed by atoms with Crippen LogP contribution in [0.5, 0.6) is 11.5 Å². The highest BCUT2D eigenvalue weighted by Crippen LogP contribution is 2.33. The largest absolute Gasteiger partial charge is 0.493 e. The van der Waals surface area contributed by atoms with Crippen LogP contribution in [0.15, 0.2) is 53.4 Å². The minimum Gasteiger partial charge on any atom is -0.493 e. The Morgan fingerprint density at radius 1 is 0.971 bits per heavy atom. The number of hydrogen-bond donors (Lipinski definition) is 1. The van der Waals surface area contributed by atoms with Crippen LogP contribution in [0.4, 0.5) is 5.69 Å². The standard InChI is InChI=1S/C26H33N3O4S/c1-28(2)23-10-5-9-22-21(23)8-6-11-26(22)34(30,31)27-13-7-14-29-15-12-19-16-24(32-3)25(33-4)17-20(19)18-29/h5-6,8-11,16-17,27H,7,12-15,18H2,1-4H3. The molecule has 3 aromatic carbocycles. The van der Waals surface area contributed by atoms with E-state index >= 15 is 0 Å². The van der Waals surface area contributed by atoms with Gasteiger partial charge in [-0.2, -0.15) is 0 Å². The van der Waals surface area contributed by atoms with Gasteiger partial charge in [-0.15, -0.1) is 0 Å². The number of anilines is 1. The highest BCUT2D eigenvalue weighted by Gasteiger charge is 2.21. The molecule has 1 N–H and O–H groups in total. The van der Waals surface area contributed by atoms with Gasteiger partial charge in [0.1, 0.15) is 0 Å². The second kappa shape index (κ2) is 10.2. The van der Waals surface area contributed by atoms with Crippen LogP contribution in [0.25, 0.3) is 10.8 Å². The summed E-state index contributed by atoms with van der Waals surface area (Å²) in [7, 11) is 3.60. The zero-order chi connectivity index (χ0) is 24.3. The van der Waals surface area contributed by atoms with E-state index in [0.29, 0.717) is 11.4 Å². The number of fused-ring (bicyclic) bond motifs is 2. The molecule has 0 aliphatic carbocycles. The SMILES string of the molecule is COc1cc2c(cc1OC)CN(CCCNS(=O)(=O)c1cccc3c(N(C)C)cccc13)CC2. The number of hydrogen-bond acceptors (Lipinski definition) is 6. The lowest BCUT2D eigenvalue weighted by Crippen LogP contribution is -2.33. The van der Waals surface area contributed by atoms with Crippen LogP contribution in [0.1, 0.15) is 17.5 Å². The first-order chi connectivity index (χ1) is 16.3. The maximum atomic E-state index is 13.1. The van der Waals surface area contributed by atoms with E-state index in [0.717, 1.165) is 60.4 Å². The number of benzene rings is 3. The van der Waals surface area contributed by atoms with E-state index in [1.165, 1.54) is 11.1 Å². The number of nitrogens with zero attached hydrogens (tertiary/aromatic N) is 2. The molecular weight excluding hydrogens is 450 g/mol. The van der Waals surface area contributed by atoms with E-state index in [-0.39, 0.29) is 0 Å². The summed E-state index contributed by atoms with van der Waals surface area (Å²) in [4.78, 5) is 4.67. The van der Waals surface area contributed by atoms with E-state index in [1.807, 2.05) is 49.3 Å². The van der Waals surface area contributed by atoms with E-state index in [2.05, 4.69) is 15.7 Å². The highest BCUT2D eigenvalue weighted by atomic mass is 32.2. The fraction of sp³-hybridized carbons (Fsp3) is 0.385. The van der Waals surface area contributed by atoms with Crippen molar-refractivity contribution >= 4 is 26.5 Å². The number of rotatable bonds is 9. The number of methoxy groups -OCH3 is 2. The first-order valence-corrected chi connectivity index (χ1v) is 13.0. The van der Waals surface area contributed by atoms with Gasteiger partial charge in [0, 0.05) is 50.2 Å². The van der Waals surface area contributed by atoms with Crippen LogP contribution >= 0.6 is 0 Å². The van der Waals surface area contributed by atoms with Crippen LogP contribution in [0, 0.1) is 0 Å². The van der Waals surface area contributed by atoms with E-state index < -0.39 is 10.0 Å². The number of sulfonamides is 1. The molecule has 1 heterocycles. The summed E-state index contributed by atoms with van der Waals surface area (Å²) in [6.07, 6.45) is 1.67. The molecule has 4 rings (SSSR count). The lowest BCUT2D eigenvalue weighted by atomic mass is 9.98. The van der Waals surface area contributed by atoms with Gasteiger partial charge >= 0.3 is 0 Å². The van der Waals surface area contributed by atoms with Gasteiger partial charge in [-0.25, -0.2) is 13.1 Å². The normalized spacial score (nSPS) is 14.1. The Morgan fingerprint density at radius 3 is 2.35 bits per heavy atom. The maximum absolute atomic E-state index is 13.1. The fourth-order valence-electron chi connectivity index (χ4n) is 4.61. The van der Waals surface area contributed by atoms with Gasteiger partial charge in [-0.1, -0.05) is 24.3 Å². The van der Waals surface area contributed by atoms with Crippen LogP contribution in [0.3, 0.4) is 0 Å². The molecule has 0 fully saturated rings. The monoisotopic (exact) mass is 483 g/mol. The average Bonchev–Trinajstić information content (AvgIpc) is 2.84. The fourth-order valence-corrected chi connectivity index (χ4v) is 5.90. The average molecular weight is 484 g/mol. The van der Waals surface area contributed by atoms with Crippen LogP contribution in [-0.4, -0.2) is 61.3 Å². The predicted molar refractivity (Wildman–Crippen MR) is 137 cm³/mol. The van der Waals surface area contributed by atoms with E-state index in [9.17, 15) is 8.42 Å². The minimum atomic E-state index is -3.62. The number of ether oxygens (including phenoxy) is 2. The van der Waals surface area contributed by atoms with Crippen LogP contribution in [-0.2, 0) is 23.0 Å². The molecule has 0 radical (unpaired) electrons. The second-order valence-corrected chi connectivity index (χ2v) is 10.5. The van der Waals surface area contributed by atoms with Gasteiger partial charge < -0.3 is 14.4 Å². The second-order valence-electron chi connectivity index (χ2n) is 8.78. The Kier molecular flexibility index (Phi) is 7.30. The third kappa shape index (κ3) is 4.99. The Labute approximate surface area is 202 Å². The van der Waals surface area contributed by atoms with Crippen molar-refractivity contribution in [2.75, 3.05) is 52.8 Å². The summed E-state index contributed by atoms with van der Waals surface area (Å²) in [6.45, 7) is 2.96. The van der Waals surface area contributed by atoms with Crippen molar-refractivity contribution in [2.24, 2.45) is 0 Å². The molecule has 0 atom stereocenters. The lowest BCUT2D eigenvalue weighted by molar-refractivity contribution is 0.250. The van der Waals surface area contributed by atoms with E-state index in [1.54, 1.807) is 26.4 Å². The topological polar surface area (TPSA) is 71.1 Å². The molecule has 3 aromatic rings. The summed E-state index contributed by atoms with van der Waals surface area (Å²) in [5.74, 6) is 1.50. The lowest BCUT2D eigenvalue weighted by Gasteiger charge is -2.29. The summed E-state index contributed by atoms with van der Waals surface area (Å²) in [5, 5.41) is 1.66. The molecule has 0 amide bonds. The molecule has 0 saturated heterocycles. The molecule has 0 unspecified atom stereocenters. The van der Waals surface area contributed by atoms with Gasteiger partial charge in [0.15, 0.2) is 11.5 Å². The zero-order valence-electron chi connectivity index (χ0n) is 20.3.